The number of anilines is 1. The van der Waals surface area contributed by atoms with Crippen LogP contribution in [0.4, 0.5) is 10.7 Å². The average Bonchev–Trinajstić information content (AvgIpc) is 3.29. The Hall–Kier alpha value is -3.04. The highest BCUT2D eigenvalue weighted by atomic mass is 32.1. The number of nitro benzene ring substituents is 1. The number of hydrogen-bond donors (Lipinski definition) is 1. The third kappa shape index (κ3) is 3.95. The van der Waals surface area contributed by atoms with E-state index in [0.29, 0.717) is 10.6 Å². The summed E-state index contributed by atoms with van der Waals surface area (Å²) in [6.45, 7) is 3.78. The smallest absolute Gasteiger partial charge is 0.341 e. The molecule has 1 N–H and O–H groups in total. The summed E-state index contributed by atoms with van der Waals surface area (Å²) in [5, 5.41) is 15.9. The van der Waals surface area contributed by atoms with Crippen LogP contribution in [0.3, 0.4) is 0 Å². The summed E-state index contributed by atoms with van der Waals surface area (Å²) >= 11 is 2.75. The number of nitro groups is 1. The van der Waals surface area contributed by atoms with Crippen molar-refractivity contribution in [2.75, 3.05) is 11.9 Å². The van der Waals surface area contributed by atoms with E-state index in [0.717, 1.165) is 15.3 Å². The van der Waals surface area contributed by atoms with Gasteiger partial charge in [-0.05, 0) is 31.4 Å². The molecule has 2 heterocycles. The molecule has 9 heteroatoms. The number of nitrogens with one attached hydrogen (secondary N) is 1. The Bertz CT molecular complexity index is 1040. The van der Waals surface area contributed by atoms with Gasteiger partial charge in [-0.1, -0.05) is 12.1 Å². The van der Waals surface area contributed by atoms with E-state index in [4.69, 9.17) is 4.74 Å². The summed E-state index contributed by atoms with van der Waals surface area (Å²) in [5.74, 6) is -1.06. The van der Waals surface area contributed by atoms with Crippen molar-refractivity contribution in [2.24, 2.45) is 0 Å². The summed E-state index contributed by atoms with van der Waals surface area (Å²) in [6.07, 6.45) is 0. The topological polar surface area (TPSA) is 98.5 Å². The number of non-ortho nitro benzene ring substituents is 1. The van der Waals surface area contributed by atoms with Crippen LogP contribution in [0.15, 0.2) is 41.8 Å². The maximum Gasteiger partial charge on any atom is 0.341 e. The van der Waals surface area contributed by atoms with Gasteiger partial charge in [0.05, 0.1) is 11.5 Å². The predicted molar refractivity (Wildman–Crippen MR) is 109 cm³/mol. The van der Waals surface area contributed by atoms with E-state index in [2.05, 4.69) is 5.32 Å². The lowest BCUT2D eigenvalue weighted by Crippen LogP contribution is -2.15. The molecule has 0 aliphatic carbocycles. The zero-order chi connectivity index (χ0) is 20.3. The molecule has 2 aromatic heterocycles. The minimum Gasteiger partial charge on any atom is -0.462 e. The first-order valence-electron chi connectivity index (χ1n) is 8.32. The van der Waals surface area contributed by atoms with Gasteiger partial charge in [-0.2, -0.15) is 0 Å². The van der Waals surface area contributed by atoms with E-state index in [-0.39, 0.29) is 17.9 Å². The first-order chi connectivity index (χ1) is 13.4. The molecule has 0 spiro atoms. The van der Waals surface area contributed by atoms with Gasteiger partial charge in [0, 0.05) is 33.0 Å². The molecule has 0 saturated heterocycles. The van der Waals surface area contributed by atoms with Crippen molar-refractivity contribution < 1.29 is 19.2 Å². The van der Waals surface area contributed by atoms with Gasteiger partial charge in [0.1, 0.15) is 10.6 Å². The van der Waals surface area contributed by atoms with Gasteiger partial charge in [0.15, 0.2) is 0 Å². The molecule has 0 radical (unpaired) electrons. The summed E-state index contributed by atoms with van der Waals surface area (Å²) < 4.78 is 5.19. The van der Waals surface area contributed by atoms with Crippen molar-refractivity contribution in [1.29, 1.82) is 0 Å². The van der Waals surface area contributed by atoms with Crippen LogP contribution in [0, 0.1) is 17.0 Å². The fraction of sp³-hybridized carbons (Fsp3) is 0.158. The van der Waals surface area contributed by atoms with Gasteiger partial charge in [0.2, 0.25) is 0 Å². The quantitative estimate of drug-likeness (QED) is 0.341. The Labute approximate surface area is 168 Å². The molecule has 144 valence electrons. The predicted octanol–water partition coefficient (Wildman–Crippen LogP) is 5.12. The molecule has 1 amide bonds. The highest BCUT2D eigenvalue weighted by Crippen LogP contribution is 2.42. The van der Waals surface area contributed by atoms with Crippen molar-refractivity contribution in [1.82, 2.24) is 0 Å². The van der Waals surface area contributed by atoms with Crippen LogP contribution >= 0.6 is 22.7 Å². The van der Waals surface area contributed by atoms with Gasteiger partial charge in [-0.3, -0.25) is 14.9 Å². The van der Waals surface area contributed by atoms with Gasteiger partial charge in [-0.25, -0.2) is 4.79 Å². The van der Waals surface area contributed by atoms with E-state index >= 15 is 0 Å². The zero-order valence-corrected chi connectivity index (χ0v) is 16.7. The fourth-order valence-corrected chi connectivity index (χ4v) is 4.63. The van der Waals surface area contributed by atoms with Crippen LogP contribution in [0.1, 0.15) is 32.5 Å². The minimum atomic E-state index is -0.564. The Balaban J connectivity index is 2.01. The number of benzene rings is 1. The van der Waals surface area contributed by atoms with Crippen molar-refractivity contribution >= 4 is 45.2 Å². The number of rotatable bonds is 6. The second-order valence-electron chi connectivity index (χ2n) is 5.70. The standard InChI is InChI=1S/C19H16N2O5S2/c1-3-26-19(23)16-15(14-8-5-9-27-14)11(2)28-18(16)20-17(22)12-6-4-7-13(10-12)21(24)25/h4-10H,3H2,1-2H3,(H,20,22). The van der Waals surface area contributed by atoms with Crippen LogP contribution in [0.5, 0.6) is 0 Å². The average molecular weight is 416 g/mol. The van der Waals surface area contributed by atoms with Crippen molar-refractivity contribution in [2.45, 2.75) is 13.8 Å². The van der Waals surface area contributed by atoms with Crippen molar-refractivity contribution in [3.63, 3.8) is 0 Å². The lowest BCUT2D eigenvalue weighted by atomic mass is 10.1. The summed E-state index contributed by atoms with van der Waals surface area (Å²) in [7, 11) is 0. The van der Waals surface area contributed by atoms with Crippen LogP contribution in [0.25, 0.3) is 10.4 Å². The molecule has 7 nitrogen and oxygen atoms in total. The maximum atomic E-state index is 12.7. The summed E-state index contributed by atoms with van der Waals surface area (Å²) in [5.41, 5.74) is 0.978. The lowest BCUT2D eigenvalue weighted by molar-refractivity contribution is -0.384. The number of thiophene rings is 2. The molecular weight excluding hydrogens is 400 g/mol. The van der Waals surface area contributed by atoms with Crippen LogP contribution in [-0.4, -0.2) is 23.4 Å². The second kappa shape index (κ2) is 8.32. The largest absolute Gasteiger partial charge is 0.462 e. The normalized spacial score (nSPS) is 10.5. The van der Waals surface area contributed by atoms with Crippen LogP contribution in [0.2, 0.25) is 0 Å². The van der Waals surface area contributed by atoms with Crippen LogP contribution < -0.4 is 5.32 Å². The van der Waals surface area contributed by atoms with E-state index in [1.165, 1.54) is 46.9 Å². The number of ether oxygens (including phenoxy) is 1. The molecule has 28 heavy (non-hydrogen) atoms. The molecule has 3 rings (SSSR count). The van der Waals surface area contributed by atoms with Gasteiger partial charge in [-0.15, -0.1) is 22.7 Å². The van der Waals surface area contributed by atoms with Crippen molar-refractivity contribution in [3.05, 3.63) is 67.9 Å². The van der Waals surface area contributed by atoms with Gasteiger partial charge >= 0.3 is 5.97 Å². The van der Waals surface area contributed by atoms with Gasteiger partial charge in [0.25, 0.3) is 11.6 Å². The number of nitrogens with zero attached hydrogens (tertiary/aromatic N) is 1. The zero-order valence-electron chi connectivity index (χ0n) is 15.1. The summed E-state index contributed by atoms with van der Waals surface area (Å²) in [6, 6.07) is 9.20. The summed E-state index contributed by atoms with van der Waals surface area (Å²) in [4.78, 5) is 37.4. The highest BCUT2D eigenvalue weighted by Gasteiger charge is 2.26. The Kier molecular flexibility index (Phi) is 5.86. The Morgan fingerprint density at radius 1 is 1.25 bits per heavy atom. The fourth-order valence-electron chi connectivity index (χ4n) is 2.68. The number of amides is 1. The third-order valence-electron chi connectivity index (χ3n) is 3.88. The SMILES string of the molecule is CCOC(=O)c1c(NC(=O)c2cccc([N+](=O)[O-])c2)sc(C)c1-c1cccs1. The van der Waals surface area contributed by atoms with E-state index < -0.39 is 16.8 Å². The number of carbonyl (C=O) groups is 2. The maximum absolute atomic E-state index is 12.7. The molecule has 0 fully saturated rings. The Morgan fingerprint density at radius 3 is 2.68 bits per heavy atom. The molecule has 0 atom stereocenters. The first kappa shape index (κ1) is 19.7. The molecular formula is C19H16N2O5S2. The minimum absolute atomic E-state index is 0.132. The number of hydrogen-bond acceptors (Lipinski definition) is 7. The third-order valence-corrected chi connectivity index (χ3v) is 5.79. The Morgan fingerprint density at radius 2 is 2.04 bits per heavy atom. The van der Waals surface area contributed by atoms with Gasteiger partial charge < -0.3 is 10.1 Å². The molecule has 1 aromatic carbocycles. The molecule has 0 unspecified atom stereocenters. The van der Waals surface area contributed by atoms with Crippen LogP contribution in [-0.2, 0) is 4.74 Å². The lowest BCUT2D eigenvalue weighted by Gasteiger charge is -2.08. The number of carbonyl (C=O) groups excluding carboxylic acids is 2. The number of esters is 1. The highest BCUT2D eigenvalue weighted by molar-refractivity contribution is 7.18. The van der Waals surface area contributed by atoms with E-state index in [1.54, 1.807) is 6.92 Å². The van der Waals surface area contributed by atoms with Crippen molar-refractivity contribution in [3.8, 4) is 10.4 Å². The molecule has 0 bridgehead atoms. The monoisotopic (exact) mass is 416 g/mol. The van der Waals surface area contributed by atoms with E-state index in [9.17, 15) is 19.7 Å². The number of aryl methyl sites for hydroxylation is 1. The molecule has 0 aliphatic rings. The molecule has 3 aromatic rings. The van der Waals surface area contributed by atoms with E-state index in [1.807, 2.05) is 24.4 Å². The first-order valence-corrected chi connectivity index (χ1v) is 10.0. The molecule has 0 saturated carbocycles. The second-order valence-corrected chi connectivity index (χ2v) is 7.87. The molecule has 0 aliphatic heterocycles.